The van der Waals surface area contributed by atoms with Gasteiger partial charge in [-0.15, -0.1) is 23.7 Å². The Hall–Kier alpha value is -1.13. The van der Waals surface area contributed by atoms with Gasteiger partial charge in [0.1, 0.15) is 4.88 Å². The molecule has 10 heteroatoms. The summed E-state index contributed by atoms with van der Waals surface area (Å²) in [6.45, 7) is 1.83. The van der Waals surface area contributed by atoms with E-state index in [9.17, 15) is 13.2 Å². The monoisotopic (exact) mass is 382 g/mol. The van der Waals surface area contributed by atoms with Gasteiger partial charge in [-0.3, -0.25) is 0 Å². The van der Waals surface area contributed by atoms with E-state index in [-0.39, 0.29) is 33.8 Å². The molecule has 0 saturated carbocycles. The third-order valence-electron chi connectivity index (χ3n) is 3.16. The van der Waals surface area contributed by atoms with Crippen molar-refractivity contribution in [3.8, 4) is 5.75 Å². The molecule has 0 bridgehead atoms. The average Bonchev–Trinajstić information content (AvgIpc) is 2.98. The number of methoxy groups -OCH3 is 2. The highest BCUT2D eigenvalue weighted by molar-refractivity contribution is 7.91. The Labute approximate surface area is 145 Å². The number of ether oxygens (including phenoxy) is 2. The van der Waals surface area contributed by atoms with Crippen LogP contribution in [0.25, 0.3) is 0 Å². The zero-order valence-electron chi connectivity index (χ0n) is 12.7. The van der Waals surface area contributed by atoms with E-state index >= 15 is 0 Å². The molecule has 7 nitrogen and oxygen atoms in total. The first-order valence-corrected chi connectivity index (χ1v) is 8.92. The van der Waals surface area contributed by atoms with Crippen LogP contribution in [0.3, 0.4) is 0 Å². The van der Waals surface area contributed by atoms with Crippen LogP contribution in [-0.4, -0.2) is 48.2 Å². The molecule has 0 radical (unpaired) electrons. The van der Waals surface area contributed by atoms with E-state index in [1.807, 2.05) is 6.08 Å². The Morgan fingerprint density at radius 1 is 1.43 bits per heavy atom. The molecule has 1 aromatic heterocycles. The minimum Gasteiger partial charge on any atom is -0.494 e. The fraction of sp³-hybridized carbons (Fsp3) is 0.462. The fourth-order valence-corrected chi connectivity index (χ4v) is 4.55. The van der Waals surface area contributed by atoms with Crippen molar-refractivity contribution in [2.75, 3.05) is 33.9 Å². The number of nitrogens with one attached hydrogen (secondary N) is 2. The molecule has 0 aliphatic carbocycles. The summed E-state index contributed by atoms with van der Waals surface area (Å²) in [4.78, 5) is 11.7. The number of hydrogen-bond acceptors (Lipinski definition) is 7. The second-order valence-corrected chi connectivity index (χ2v) is 7.61. The zero-order valence-corrected chi connectivity index (χ0v) is 15.2. The van der Waals surface area contributed by atoms with E-state index in [1.165, 1.54) is 20.3 Å². The van der Waals surface area contributed by atoms with Gasteiger partial charge in [0.2, 0.25) is 0 Å². The number of thiophene rings is 1. The summed E-state index contributed by atoms with van der Waals surface area (Å²) >= 11 is 0.829. The lowest BCUT2D eigenvalue weighted by Gasteiger charge is -2.14. The lowest BCUT2D eigenvalue weighted by atomic mass is 10.1. The molecule has 2 N–H and O–H groups in total. The Bertz CT molecular complexity index is 685. The van der Waals surface area contributed by atoms with Crippen LogP contribution in [0.2, 0.25) is 0 Å². The van der Waals surface area contributed by atoms with Crippen molar-refractivity contribution in [3.63, 3.8) is 0 Å². The van der Waals surface area contributed by atoms with Crippen LogP contribution < -0.4 is 14.8 Å². The first kappa shape index (κ1) is 19.9. The van der Waals surface area contributed by atoms with Crippen molar-refractivity contribution in [2.24, 2.45) is 0 Å². The molecule has 23 heavy (non-hydrogen) atoms. The van der Waals surface area contributed by atoms with Gasteiger partial charge in [0.15, 0.2) is 9.96 Å². The van der Waals surface area contributed by atoms with E-state index in [2.05, 4.69) is 14.8 Å². The minimum absolute atomic E-state index is 0. The van der Waals surface area contributed by atoms with Gasteiger partial charge >= 0.3 is 5.97 Å². The summed E-state index contributed by atoms with van der Waals surface area (Å²) in [5.74, 6) is -0.456. The Balaban J connectivity index is 0.00000264. The van der Waals surface area contributed by atoms with Crippen LogP contribution in [0.5, 0.6) is 5.75 Å². The number of halogens is 1. The normalized spacial score (nSPS) is 14.6. The lowest BCUT2D eigenvalue weighted by molar-refractivity contribution is 0.0606. The maximum atomic E-state index is 12.4. The summed E-state index contributed by atoms with van der Waals surface area (Å²) in [6.07, 6.45) is 2.77. The van der Waals surface area contributed by atoms with Crippen molar-refractivity contribution in [3.05, 3.63) is 22.6 Å². The maximum absolute atomic E-state index is 12.4. The predicted molar refractivity (Wildman–Crippen MR) is 90.2 cm³/mol. The number of sulfonamides is 1. The molecule has 1 aliphatic heterocycles. The van der Waals surface area contributed by atoms with Crippen LogP contribution >= 0.6 is 23.7 Å². The van der Waals surface area contributed by atoms with Gasteiger partial charge in [-0.1, -0.05) is 11.6 Å². The molecular weight excluding hydrogens is 364 g/mol. The largest absolute Gasteiger partial charge is 0.494 e. The topological polar surface area (TPSA) is 93.7 Å². The number of carbonyl (C=O) groups is 1. The molecule has 130 valence electrons. The van der Waals surface area contributed by atoms with Crippen molar-refractivity contribution < 1.29 is 22.7 Å². The van der Waals surface area contributed by atoms with E-state index in [0.29, 0.717) is 0 Å². The molecule has 0 fully saturated rings. The highest BCUT2D eigenvalue weighted by atomic mass is 35.5. The Morgan fingerprint density at radius 2 is 2.17 bits per heavy atom. The summed E-state index contributed by atoms with van der Waals surface area (Å²) in [5, 5.41) is 3.16. The Morgan fingerprint density at radius 3 is 2.74 bits per heavy atom. The van der Waals surface area contributed by atoms with Gasteiger partial charge in [0.05, 0.1) is 14.2 Å². The molecule has 0 amide bonds. The minimum atomic E-state index is -3.75. The van der Waals surface area contributed by atoms with Gasteiger partial charge in [0.25, 0.3) is 10.0 Å². The van der Waals surface area contributed by atoms with E-state index < -0.39 is 16.0 Å². The van der Waals surface area contributed by atoms with Crippen LogP contribution in [-0.2, 0) is 14.8 Å². The van der Waals surface area contributed by atoms with Crippen molar-refractivity contribution in [1.29, 1.82) is 0 Å². The molecular formula is C13H19ClN2O5S2. The highest BCUT2D eigenvalue weighted by Crippen LogP contribution is 2.33. The molecule has 0 spiro atoms. The van der Waals surface area contributed by atoms with Crippen LogP contribution in [0.15, 0.2) is 21.9 Å². The van der Waals surface area contributed by atoms with Crippen LogP contribution in [0, 0.1) is 0 Å². The quantitative estimate of drug-likeness (QED) is 0.566. The van der Waals surface area contributed by atoms with E-state index in [1.54, 1.807) is 0 Å². The second-order valence-electron chi connectivity index (χ2n) is 4.60. The predicted octanol–water partition coefficient (Wildman–Crippen LogP) is 1.16. The van der Waals surface area contributed by atoms with Crippen molar-refractivity contribution in [1.82, 2.24) is 10.0 Å². The van der Waals surface area contributed by atoms with E-state index in [4.69, 9.17) is 4.74 Å². The number of carbonyl (C=O) groups excluding carboxylic acids is 1. The summed E-state index contributed by atoms with van der Waals surface area (Å²) in [5.41, 5.74) is 1.03. The van der Waals surface area contributed by atoms with Crippen LogP contribution in [0.4, 0.5) is 0 Å². The molecule has 0 saturated heterocycles. The first-order valence-electron chi connectivity index (χ1n) is 6.62. The van der Waals surface area contributed by atoms with Gasteiger partial charge in [-0.25, -0.2) is 17.9 Å². The third kappa shape index (κ3) is 4.92. The van der Waals surface area contributed by atoms with Crippen LogP contribution in [0.1, 0.15) is 16.1 Å². The third-order valence-corrected chi connectivity index (χ3v) is 6.18. The summed E-state index contributed by atoms with van der Waals surface area (Å²) in [7, 11) is -1.15. The first-order chi connectivity index (χ1) is 10.5. The molecule has 0 aromatic carbocycles. The fourth-order valence-electron chi connectivity index (χ4n) is 1.97. The van der Waals surface area contributed by atoms with Gasteiger partial charge in [-0.05, 0) is 13.0 Å². The maximum Gasteiger partial charge on any atom is 0.348 e. The molecule has 1 aromatic rings. The van der Waals surface area contributed by atoms with Gasteiger partial charge in [-0.2, -0.15) is 0 Å². The van der Waals surface area contributed by atoms with E-state index in [0.717, 1.165) is 36.4 Å². The lowest BCUT2D eigenvalue weighted by Crippen LogP contribution is -2.29. The van der Waals surface area contributed by atoms with Gasteiger partial charge in [0, 0.05) is 19.2 Å². The number of hydrogen-bond donors (Lipinski definition) is 2. The summed E-state index contributed by atoms with van der Waals surface area (Å²) in [6, 6.07) is 1.37. The zero-order chi connectivity index (χ0) is 16.2. The second kappa shape index (κ2) is 8.65. The highest BCUT2D eigenvalue weighted by Gasteiger charge is 2.26. The average molecular weight is 383 g/mol. The van der Waals surface area contributed by atoms with Crippen molar-refractivity contribution >= 4 is 39.7 Å². The smallest absolute Gasteiger partial charge is 0.348 e. The standard InChI is InChI=1S/C13H18N2O5S2.ClH/c1-19-10-7-11(12(16)20-2)21-13(10)22(17,18)15-8-9-3-5-14-6-4-9;/h3,7,14-15H,4-6,8H2,1-2H3;1H. The van der Waals surface area contributed by atoms with Crippen molar-refractivity contribution in [2.45, 2.75) is 10.6 Å². The molecule has 1 aliphatic rings. The summed E-state index contributed by atoms with van der Waals surface area (Å²) < 4.78 is 37.0. The number of esters is 1. The Kier molecular flexibility index (Phi) is 7.49. The molecule has 0 unspecified atom stereocenters. The molecule has 2 rings (SSSR count). The SMILES string of the molecule is COC(=O)c1cc(OC)c(S(=O)(=O)NCC2=CCNCC2)s1.Cl. The molecule has 0 atom stereocenters. The van der Waals surface area contributed by atoms with Gasteiger partial charge < -0.3 is 14.8 Å². The number of rotatable bonds is 6. The molecule has 2 heterocycles.